The molecular weight excluding hydrogens is 322 g/mol. The van der Waals surface area contributed by atoms with E-state index in [1.807, 2.05) is 36.6 Å². The molecule has 128 valence electrons. The molecule has 1 unspecified atom stereocenters. The van der Waals surface area contributed by atoms with Crippen molar-refractivity contribution in [2.75, 3.05) is 38.2 Å². The first-order valence-electron chi connectivity index (χ1n) is 8.17. The maximum absolute atomic E-state index is 12.9. The van der Waals surface area contributed by atoms with Gasteiger partial charge in [-0.25, -0.2) is 4.98 Å². The number of aryl methyl sites for hydroxylation is 1. The lowest BCUT2D eigenvalue weighted by Crippen LogP contribution is -2.48. The highest BCUT2D eigenvalue weighted by Gasteiger charge is 2.26. The Morgan fingerprint density at radius 3 is 2.88 bits per heavy atom. The summed E-state index contributed by atoms with van der Waals surface area (Å²) in [5.41, 5.74) is 2.22. The van der Waals surface area contributed by atoms with E-state index >= 15 is 0 Å². The van der Waals surface area contributed by atoms with Crippen LogP contribution in [0.2, 0.25) is 0 Å². The van der Waals surface area contributed by atoms with Gasteiger partial charge in [-0.3, -0.25) is 9.69 Å². The molecule has 1 aliphatic rings. The number of morpholine rings is 1. The van der Waals surface area contributed by atoms with E-state index in [4.69, 9.17) is 4.74 Å². The number of ether oxygens (including phenoxy) is 1. The van der Waals surface area contributed by atoms with E-state index < -0.39 is 0 Å². The molecule has 0 aliphatic carbocycles. The molecule has 0 saturated carbocycles. The fraction of sp³-hybridized carbons (Fsp3) is 0.444. The van der Waals surface area contributed by atoms with Crippen LogP contribution < -0.4 is 4.90 Å². The molecule has 1 aliphatic heterocycles. The van der Waals surface area contributed by atoms with Gasteiger partial charge < -0.3 is 9.64 Å². The van der Waals surface area contributed by atoms with Crippen LogP contribution in [0.3, 0.4) is 0 Å². The van der Waals surface area contributed by atoms with Gasteiger partial charge in [0.1, 0.15) is 0 Å². The number of benzene rings is 1. The molecule has 1 aromatic carbocycles. The topological polar surface area (TPSA) is 45.7 Å². The maximum atomic E-state index is 12.9. The van der Waals surface area contributed by atoms with Crippen LogP contribution in [-0.4, -0.2) is 55.2 Å². The zero-order valence-corrected chi connectivity index (χ0v) is 15.0. The molecule has 0 radical (unpaired) electrons. The second kappa shape index (κ2) is 7.88. The van der Waals surface area contributed by atoms with Crippen LogP contribution in [0.5, 0.6) is 0 Å². The van der Waals surface area contributed by atoms with Crippen LogP contribution in [-0.2, 0) is 16.0 Å². The number of hydrogen-bond acceptors (Lipinski definition) is 5. The van der Waals surface area contributed by atoms with Crippen LogP contribution in [0.25, 0.3) is 0 Å². The number of nitrogens with zero attached hydrogens (tertiary/aromatic N) is 3. The normalized spacial score (nSPS) is 18.5. The lowest BCUT2D eigenvalue weighted by Gasteiger charge is -2.33. The summed E-state index contributed by atoms with van der Waals surface area (Å²) >= 11 is 1.49. The molecule has 2 aromatic rings. The summed E-state index contributed by atoms with van der Waals surface area (Å²) in [6.45, 7) is 5.07. The van der Waals surface area contributed by atoms with E-state index in [-0.39, 0.29) is 12.0 Å². The molecule has 1 atom stereocenters. The number of hydrogen-bond donors (Lipinski definition) is 0. The predicted octanol–water partition coefficient (Wildman–Crippen LogP) is 2.36. The average Bonchev–Trinajstić information content (AvgIpc) is 3.09. The van der Waals surface area contributed by atoms with Gasteiger partial charge in [-0.2, -0.15) is 0 Å². The third-order valence-electron chi connectivity index (χ3n) is 4.16. The van der Waals surface area contributed by atoms with Crippen LogP contribution in [0.1, 0.15) is 11.1 Å². The summed E-state index contributed by atoms with van der Waals surface area (Å²) < 4.78 is 5.83. The summed E-state index contributed by atoms with van der Waals surface area (Å²) in [6.07, 6.45) is 2.14. The molecule has 3 rings (SSSR count). The zero-order valence-electron chi connectivity index (χ0n) is 14.1. The number of likely N-dealkylation sites (N-methyl/N-ethyl adjacent to an activating group) is 1. The van der Waals surface area contributed by atoms with E-state index in [0.717, 1.165) is 23.8 Å². The number of aromatic nitrogens is 1. The fourth-order valence-electron chi connectivity index (χ4n) is 2.79. The first kappa shape index (κ1) is 17.1. The summed E-state index contributed by atoms with van der Waals surface area (Å²) in [5.74, 6) is 0.0608. The standard InChI is InChI=1S/C18H23N3O2S/c1-14-3-5-15(6-4-14)11-17(22)21(18-19-7-10-24-18)13-16-12-20(2)8-9-23-16/h3-7,10,16H,8-9,11-13H2,1-2H3. The Balaban J connectivity index is 1.72. The molecule has 0 bridgehead atoms. The summed E-state index contributed by atoms with van der Waals surface area (Å²) in [6, 6.07) is 8.10. The van der Waals surface area contributed by atoms with E-state index in [9.17, 15) is 4.79 Å². The fourth-order valence-corrected chi connectivity index (χ4v) is 3.46. The largest absolute Gasteiger partial charge is 0.374 e. The summed E-state index contributed by atoms with van der Waals surface area (Å²) in [7, 11) is 2.08. The van der Waals surface area contributed by atoms with Gasteiger partial charge in [0.15, 0.2) is 5.13 Å². The first-order valence-corrected chi connectivity index (χ1v) is 9.05. The quantitative estimate of drug-likeness (QED) is 0.835. The van der Waals surface area contributed by atoms with Gasteiger partial charge in [0.25, 0.3) is 0 Å². The number of carbonyl (C=O) groups is 1. The Hall–Kier alpha value is -1.76. The van der Waals surface area contributed by atoms with Crippen molar-refractivity contribution < 1.29 is 9.53 Å². The Labute approximate surface area is 146 Å². The Morgan fingerprint density at radius 2 is 2.21 bits per heavy atom. The van der Waals surface area contributed by atoms with E-state index in [2.05, 4.69) is 16.9 Å². The third kappa shape index (κ3) is 4.41. The van der Waals surface area contributed by atoms with Gasteiger partial charge >= 0.3 is 0 Å². The van der Waals surface area contributed by atoms with Crippen LogP contribution in [0.15, 0.2) is 35.8 Å². The second-order valence-corrected chi connectivity index (χ2v) is 7.11. The highest BCUT2D eigenvalue weighted by Crippen LogP contribution is 2.20. The van der Waals surface area contributed by atoms with Crippen molar-refractivity contribution in [2.45, 2.75) is 19.4 Å². The monoisotopic (exact) mass is 345 g/mol. The van der Waals surface area contributed by atoms with Crippen molar-refractivity contribution in [3.63, 3.8) is 0 Å². The summed E-state index contributed by atoms with van der Waals surface area (Å²) in [4.78, 5) is 21.2. The van der Waals surface area contributed by atoms with Crippen LogP contribution in [0, 0.1) is 6.92 Å². The minimum atomic E-state index is 0.0228. The van der Waals surface area contributed by atoms with Crippen molar-refractivity contribution in [3.05, 3.63) is 47.0 Å². The Bertz CT molecular complexity index is 657. The Kier molecular flexibility index (Phi) is 5.60. The van der Waals surface area contributed by atoms with Crippen molar-refractivity contribution >= 4 is 22.4 Å². The number of carbonyl (C=O) groups excluding carboxylic acids is 1. The summed E-state index contributed by atoms with van der Waals surface area (Å²) in [5, 5.41) is 2.64. The highest BCUT2D eigenvalue weighted by molar-refractivity contribution is 7.13. The van der Waals surface area contributed by atoms with Gasteiger partial charge in [-0.15, -0.1) is 11.3 Å². The third-order valence-corrected chi connectivity index (χ3v) is 4.95. The van der Waals surface area contributed by atoms with Gasteiger partial charge in [0.05, 0.1) is 25.7 Å². The van der Waals surface area contributed by atoms with Gasteiger partial charge in [-0.1, -0.05) is 29.8 Å². The number of thiazole rings is 1. The van der Waals surface area contributed by atoms with Crippen LogP contribution in [0.4, 0.5) is 5.13 Å². The predicted molar refractivity (Wildman–Crippen MR) is 96.6 cm³/mol. The van der Waals surface area contributed by atoms with Gasteiger partial charge in [0.2, 0.25) is 5.91 Å². The maximum Gasteiger partial charge on any atom is 0.233 e. The molecule has 1 fully saturated rings. The first-order chi connectivity index (χ1) is 11.6. The number of amides is 1. The molecule has 6 heteroatoms. The van der Waals surface area contributed by atoms with Gasteiger partial charge in [0, 0.05) is 24.7 Å². The van der Waals surface area contributed by atoms with Crippen LogP contribution >= 0.6 is 11.3 Å². The van der Waals surface area contributed by atoms with Crippen molar-refractivity contribution in [1.82, 2.24) is 9.88 Å². The number of rotatable bonds is 5. The lowest BCUT2D eigenvalue weighted by atomic mass is 10.1. The van der Waals surface area contributed by atoms with E-state index in [1.165, 1.54) is 16.9 Å². The molecule has 1 saturated heterocycles. The smallest absolute Gasteiger partial charge is 0.233 e. The van der Waals surface area contributed by atoms with E-state index in [1.54, 1.807) is 11.1 Å². The highest BCUT2D eigenvalue weighted by atomic mass is 32.1. The molecule has 24 heavy (non-hydrogen) atoms. The molecule has 0 spiro atoms. The zero-order chi connectivity index (χ0) is 16.9. The molecule has 1 aromatic heterocycles. The molecular formula is C18H23N3O2S. The second-order valence-electron chi connectivity index (χ2n) is 6.24. The minimum Gasteiger partial charge on any atom is -0.374 e. The SMILES string of the molecule is Cc1ccc(CC(=O)N(CC2CN(C)CCO2)c2nccs2)cc1. The molecule has 2 heterocycles. The lowest BCUT2D eigenvalue weighted by molar-refractivity contribution is -0.118. The molecule has 5 nitrogen and oxygen atoms in total. The van der Waals surface area contributed by atoms with Gasteiger partial charge in [-0.05, 0) is 19.5 Å². The average molecular weight is 345 g/mol. The molecule has 0 N–H and O–H groups in total. The van der Waals surface area contributed by atoms with Crippen molar-refractivity contribution in [3.8, 4) is 0 Å². The van der Waals surface area contributed by atoms with E-state index in [0.29, 0.717) is 19.6 Å². The van der Waals surface area contributed by atoms with Crippen molar-refractivity contribution in [2.24, 2.45) is 0 Å². The Morgan fingerprint density at radius 1 is 1.42 bits per heavy atom. The number of anilines is 1. The van der Waals surface area contributed by atoms with Crippen molar-refractivity contribution in [1.29, 1.82) is 0 Å². The molecule has 1 amide bonds. The minimum absolute atomic E-state index is 0.0228.